The van der Waals surface area contributed by atoms with Gasteiger partial charge in [-0.05, 0) is 6.42 Å². The lowest BCUT2D eigenvalue weighted by Gasteiger charge is -2.32. The molecule has 0 bridgehead atoms. The van der Waals surface area contributed by atoms with Crippen molar-refractivity contribution < 1.29 is 4.79 Å². The van der Waals surface area contributed by atoms with E-state index in [9.17, 15) is 4.79 Å². The summed E-state index contributed by atoms with van der Waals surface area (Å²) in [5.41, 5.74) is 0.798. The first-order valence-corrected chi connectivity index (χ1v) is 4.55. The highest BCUT2D eigenvalue weighted by Crippen LogP contribution is 2.16. The lowest BCUT2D eigenvalue weighted by Crippen LogP contribution is -2.41. The van der Waals surface area contributed by atoms with E-state index in [4.69, 9.17) is 5.41 Å². The first kappa shape index (κ1) is 9.23. The van der Waals surface area contributed by atoms with Crippen molar-refractivity contribution in [1.82, 2.24) is 4.90 Å². The monoisotopic (exact) mass is 168 g/mol. The van der Waals surface area contributed by atoms with Gasteiger partial charge in [0.25, 0.3) is 0 Å². The van der Waals surface area contributed by atoms with Gasteiger partial charge in [-0.1, -0.05) is 13.3 Å². The quantitative estimate of drug-likeness (QED) is 0.636. The Morgan fingerprint density at radius 3 is 3.08 bits per heavy atom. The number of amides is 1. The number of likely N-dealkylation sites (tertiary alicyclic amines) is 1. The SMILES string of the molecule is CCC[C@H]1CC(=N)CCN1C=O. The molecule has 1 heterocycles. The summed E-state index contributed by atoms with van der Waals surface area (Å²) in [6.45, 7) is 2.86. The predicted molar refractivity (Wildman–Crippen MR) is 48.4 cm³/mol. The molecule has 0 aromatic heterocycles. The van der Waals surface area contributed by atoms with Crippen molar-refractivity contribution in [3.05, 3.63) is 0 Å². The van der Waals surface area contributed by atoms with Crippen LogP contribution in [-0.2, 0) is 4.79 Å². The molecule has 1 aliphatic rings. The Morgan fingerprint density at radius 2 is 2.50 bits per heavy atom. The summed E-state index contributed by atoms with van der Waals surface area (Å²) in [6, 6.07) is 0.300. The highest BCUT2D eigenvalue weighted by molar-refractivity contribution is 5.83. The van der Waals surface area contributed by atoms with E-state index < -0.39 is 0 Å². The Labute approximate surface area is 73.3 Å². The number of carbonyl (C=O) groups excluding carboxylic acids is 1. The fourth-order valence-electron chi connectivity index (χ4n) is 1.69. The minimum atomic E-state index is 0.300. The molecular weight excluding hydrogens is 152 g/mol. The molecule has 3 heteroatoms. The third-order valence-electron chi connectivity index (χ3n) is 2.38. The maximum Gasteiger partial charge on any atom is 0.209 e. The van der Waals surface area contributed by atoms with Crippen LogP contribution in [0.3, 0.4) is 0 Å². The van der Waals surface area contributed by atoms with Gasteiger partial charge in [-0.15, -0.1) is 0 Å². The molecule has 1 aliphatic heterocycles. The fourth-order valence-corrected chi connectivity index (χ4v) is 1.69. The Hall–Kier alpha value is -0.860. The van der Waals surface area contributed by atoms with Crippen LogP contribution < -0.4 is 0 Å². The standard InChI is InChI=1S/C9H16N2O/c1-2-3-9-6-8(10)4-5-11(9)7-12/h7,9-10H,2-6H2,1H3/t9-/m0/s1. The first-order chi connectivity index (χ1) is 5.77. The molecule has 12 heavy (non-hydrogen) atoms. The summed E-state index contributed by atoms with van der Waals surface area (Å²) < 4.78 is 0. The molecule has 1 rings (SSSR count). The molecule has 0 unspecified atom stereocenters. The molecule has 1 saturated heterocycles. The second kappa shape index (κ2) is 4.24. The van der Waals surface area contributed by atoms with Gasteiger partial charge < -0.3 is 10.3 Å². The topological polar surface area (TPSA) is 44.2 Å². The third kappa shape index (κ3) is 2.06. The number of nitrogens with one attached hydrogen (secondary N) is 1. The number of carbonyl (C=O) groups is 1. The highest BCUT2D eigenvalue weighted by Gasteiger charge is 2.22. The molecule has 1 N–H and O–H groups in total. The Balaban J connectivity index is 2.51. The second-order valence-corrected chi connectivity index (χ2v) is 3.34. The van der Waals surface area contributed by atoms with E-state index in [0.717, 1.165) is 44.3 Å². The van der Waals surface area contributed by atoms with Crippen molar-refractivity contribution in [2.24, 2.45) is 0 Å². The van der Waals surface area contributed by atoms with E-state index in [1.807, 2.05) is 4.90 Å². The van der Waals surface area contributed by atoms with Gasteiger partial charge in [0.1, 0.15) is 0 Å². The normalized spacial score (nSPS) is 24.2. The van der Waals surface area contributed by atoms with E-state index in [2.05, 4.69) is 6.92 Å². The largest absolute Gasteiger partial charge is 0.342 e. The molecule has 1 amide bonds. The number of nitrogens with zero attached hydrogens (tertiary/aromatic N) is 1. The molecule has 0 aromatic carbocycles. The van der Waals surface area contributed by atoms with Crippen LogP contribution in [0.25, 0.3) is 0 Å². The molecule has 0 aliphatic carbocycles. The molecule has 1 fully saturated rings. The minimum Gasteiger partial charge on any atom is -0.342 e. The zero-order chi connectivity index (χ0) is 8.97. The van der Waals surface area contributed by atoms with Crippen LogP contribution >= 0.6 is 0 Å². The van der Waals surface area contributed by atoms with Gasteiger partial charge in [-0.2, -0.15) is 0 Å². The number of rotatable bonds is 3. The van der Waals surface area contributed by atoms with Crippen molar-refractivity contribution in [1.29, 1.82) is 5.41 Å². The Morgan fingerprint density at radius 1 is 1.75 bits per heavy atom. The molecule has 1 atom stereocenters. The van der Waals surface area contributed by atoms with Gasteiger partial charge in [0, 0.05) is 31.1 Å². The maximum atomic E-state index is 10.6. The summed E-state index contributed by atoms with van der Waals surface area (Å²) in [5.74, 6) is 0. The van der Waals surface area contributed by atoms with E-state index in [1.165, 1.54) is 0 Å². The summed E-state index contributed by atoms with van der Waals surface area (Å²) in [5, 5.41) is 7.52. The molecule has 0 radical (unpaired) electrons. The molecule has 0 saturated carbocycles. The summed E-state index contributed by atoms with van der Waals surface area (Å²) in [6.07, 6.45) is 4.59. The average Bonchev–Trinajstić information content (AvgIpc) is 2.05. The fraction of sp³-hybridized carbons (Fsp3) is 0.778. The molecule has 3 nitrogen and oxygen atoms in total. The average molecular weight is 168 g/mol. The van der Waals surface area contributed by atoms with Gasteiger partial charge in [-0.3, -0.25) is 4.79 Å². The van der Waals surface area contributed by atoms with Gasteiger partial charge in [-0.25, -0.2) is 0 Å². The van der Waals surface area contributed by atoms with Gasteiger partial charge in [0.2, 0.25) is 6.41 Å². The van der Waals surface area contributed by atoms with Crippen LogP contribution in [0.5, 0.6) is 0 Å². The van der Waals surface area contributed by atoms with E-state index in [0.29, 0.717) is 6.04 Å². The van der Waals surface area contributed by atoms with Crippen LogP contribution in [-0.4, -0.2) is 29.6 Å². The Bertz CT molecular complexity index is 179. The minimum absolute atomic E-state index is 0.300. The smallest absolute Gasteiger partial charge is 0.209 e. The van der Waals surface area contributed by atoms with Crippen LogP contribution in [0.15, 0.2) is 0 Å². The van der Waals surface area contributed by atoms with Gasteiger partial charge in [0.15, 0.2) is 0 Å². The summed E-state index contributed by atoms with van der Waals surface area (Å²) in [7, 11) is 0. The van der Waals surface area contributed by atoms with Crippen molar-refractivity contribution in [2.45, 2.75) is 38.6 Å². The van der Waals surface area contributed by atoms with Crippen LogP contribution in [0.4, 0.5) is 0 Å². The zero-order valence-corrected chi connectivity index (χ0v) is 7.55. The first-order valence-electron chi connectivity index (χ1n) is 4.55. The highest BCUT2D eigenvalue weighted by atomic mass is 16.1. The van der Waals surface area contributed by atoms with Crippen molar-refractivity contribution >= 4 is 12.1 Å². The molecule has 0 spiro atoms. The predicted octanol–water partition coefficient (Wildman–Crippen LogP) is 1.43. The van der Waals surface area contributed by atoms with E-state index in [1.54, 1.807) is 0 Å². The molecule has 68 valence electrons. The van der Waals surface area contributed by atoms with Crippen LogP contribution in [0.2, 0.25) is 0 Å². The number of hydrogen-bond acceptors (Lipinski definition) is 2. The number of piperidine rings is 1. The second-order valence-electron chi connectivity index (χ2n) is 3.34. The summed E-state index contributed by atoms with van der Waals surface area (Å²) >= 11 is 0. The van der Waals surface area contributed by atoms with Crippen molar-refractivity contribution in [3.8, 4) is 0 Å². The number of hydrogen-bond donors (Lipinski definition) is 1. The Kier molecular flexibility index (Phi) is 3.26. The van der Waals surface area contributed by atoms with Crippen LogP contribution in [0.1, 0.15) is 32.6 Å². The third-order valence-corrected chi connectivity index (χ3v) is 2.38. The van der Waals surface area contributed by atoms with E-state index >= 15 is 0 Å². The van der Waals surface area contributed by atoms with E-state index in [-0.39, 0.29) is 0 Å². The zero-order valence-electron chi connectivity index (χ0n) is 7.55. The molecule has 0 aromatic rings. The van der Waals surface area contributed by atoms with Crippen molar-refractivity contribution in [2.75, 3.05) is 6.54 Å². The lowest BCUT2D eigenvalue weighted by atomic mass is 9.97. The van der Waals surface area contributed by atoms with Gasteiger partial charge in [0.05, 0.1) is 0 Å². The maximum absolute atomic E-state index is 10.6. The van der Waals surface area contributed by atoms with Crippen molar-refractivity contribution in [3.63, 3.8) is 0 Å². The summed E-state index contributed by atoms with van der Waals surface area (Å²) in [4.78, 5) is 12.4. The molecular formula is C9H16N2O. The van der Waals surface area contributed by atoms with Crippen LogP contribution in [0, 0.1) is 5.41 Å². The lowest BCUT2D eigenvalue weighted by molar-refractivity contribution is -0.120. The van der Waals surface area contributed by atoms with Gasteiger partial charge >= 0.3 is 0 Å².